The molecule has 0 aliphatic rings. The van der Waals surface area contributed by atoms with Crippen molar-refractivity contribution in [2.75, 3.05) is 5.32 Å². The zero-order valence-electron chi connectivity index (χ0n) is 14.2. The van der Waals surface area contributed by atoms with Crippen LogP contribution in [0.5, 0.6) is 0 Å². The number of hydrogen-bond donors (Lipinski definition) is 2. The fourth-order valence-corrected chi connectivity index (χ4v) is 1.62. The summed E-state index contributed by atoms with van der Waals surface area (Å²) in [4.78, 5) is 23.9. The number of rotatable bonds is 4. The smallest absolute Gasteiger partial charge is 0.412 e. The molecular formula is C17H26N2O3. The summed E-state index contributed by atoms with van der Waals surface area (Å²) in [5.74, 6) is 0.195. The molecule has 0 bridgehead atoms. The Kier molecular flexibility index (Phi) is 5.97. The average Bonchev–Trinajstić information content (AvgIpc) is 2.36. The summed E-state index contributed by atoms with van der Waals surface area (Å²) >= 11 is 0. The number of carbonyl (C=O) groups excluding carboxylic acids is 2. The molecular weight excluding hydrogens is 280 g/mol. The van der Waals surface area contributed by atoms with E-state index in [0.29, 0.717) is 17.2 Å². The lowest BCUT2D eigenvalue weighted by molar-refractivity contribution is 0.0635. The molecule has 1 unspecified atom stereocenters. The van der Waals surface area contributed by atoms with Crippen molar-refractivity contribution in [2.24, 2.45) is 5.92 Å². The molecule has 0 aromatic heterocycles. The van der Waals surface area contributed by atoms with E-state index in [9.17, 15) is 9.59 Å². The molecule has 0 fully saturated rings. The molecule has 5 heteroatoms. The second-order valence-electron chi connectivity index (χ2n) is 6.71. The number of carbonyl (C=O) groups is 2. The molecule has 0 aliphatic heterocycles. The molecule has 0 saturated carbocycles. The minimum Gasteiger partial charge on any atom is -0.444 e. The van der Waals surface area contributed by atoms with Crippen LogP contribution in [0, 0.1) is 5.92 Å². The van der Waals surface area contributed by atoms with E-state index in [4.69, 9.17) is 4.74 Å². The molecule has 2 N–H and O–H groups in total. The molecule has 1 atom stereocenters. The molecule has 0 aliphatic carbocycles. The Balaban J connectivity index is 2.74. The van der Waals surface area contributed by atoms with E-state index in [1.165, 1.54) is 0 Å². The van der Waals surface area contributed by atoms with Crippen LogP contribution in [0.1, 0.15) is 51.9 Å². The minimum absolute atomic E-state index is 0.0787. The predicted octanol–water partition coefficient (Wildman–Crippen LogP) is 3.81. The van der Waals surface area contributed by atoms with Gasteiger partial charge in [-0.3, -0.25) is 10.1 Å². The summed E-state index contributed by atoms with van der Waals surface area (Å²) < 4.78 is 5.19. The Morgan fingerprint density at radius 3 is 2.32 bits per heavy atom. The third-order valence-corrected chi connectivity index (χ3v) is 3.13. The van der Waals surface area contributed by atoms with Crippen molar-refractivity contribution in [3.63, 3.8) is 0 Å². The first-order valence-corrected chi connectivity index (χ1v) is 7.49. The summed E-state index contributed by atoms with van der Waals surface area (Å²) in [7, 11) is 0. The van der Waals surface area contributed by atoms with Gasteiger partial charge in [-0.1, -0.05) is 19.9 Å². The zero-order chi connectivity index (χ0) is 16.9. The van der Waals surface area contributed by atoms with Crippen molar-refractivity contribution in [3.8, 4) is 0 Å². The number of amides is 2. The van der Waals surface area contributed by atoms with E-state index >= 15 is 0 Å². The molecule has 0 spiro atoms. The number of benzene rings is 1. The van der Waals surface area contributed by atoms with Gasteiger partial charge in [-0.05, 0) is 51.8 Å². The van der Waals surface area contributed by atoms with Gasteiger partial charge in [-0.2, -0.15) is 0 Å². The SMILES string of the molecule is CC(C)C(C)NC(=O)c1cccc(NC(=O)OC(C)(C)C)c1. The van der Waals surface area contributed by atoms with Gasteiger partial charge >= 0.3 is 6.09 Å². The highest BCUT2D eigenvalue weighted by atomic mass is 16.6. The van der Waals surface area contributed by atoms with E-state index in [1.54, 1.807) is 45.0 Å². The normalized spacial score (nSPS) is 12.7. The second-order valence-corrected chi connectivity index (χ2v) is 6.71. The molecule has 122 valence electrons. The summed E-state index contributed by atoms with van der Waals surface area (Å²) in [6, 6.07) is 6.86. The van der Waals surface area contributed by atoms with Gasteiger partial charge in [0.05, 0.1) is 0 Å². The molecule has 1 aromatic carbocycles. The maximum absolute atomic E-state index is 12.2. The Morgan fingerprint density at radius 1 is 1.14 bits per heavy atom. The summed E-state index contributed by atoms with van der Waals surface area (Å²) in [5, 5.41) is 5.56. The van der Waals surface area contributed by atoms with E-state index in [1.807, 2.05) is 20.8 Å². The third-order valence-electron chi connectivity index (χ3n) is 3.13. The highest BCUT2D eigenvalue weighted by Gasteiger charge is 2.17. The van der Waals surface area contributed by atoms with E-state index in [0.717, 1.165) is 0 Å². The first kappa shape index (κ1) is 18.0. The summed E-state index contributed by atoms with van der Waals surface area (Å²) in [6.45, 7) is 11.4. The first-order chi connectivity index (χ1) is 10.1. The maximum atomic E-state index is 12.2. The first-order valence-electron chi connectivity index (χ1n) is 7.49. The van der Waals surface area contributed by atoms with Crippen LogP contribution in [0.2, 0.25) is 0 Å². The Morgan fingerprint density at radius 2 is 1.77 bits per heavy atom. The van der Waals surface area contributed by atoms with Gasteiger partial charge in [-0.25, -0.2) is 4.79 Å². The highest BCUT2D eigenvalue weighted by Crippen LogP contribution is 2.14. The standard InChI is InChI=1S/C17H26N2O3/c1-11(2)12(3)18-15(20)13-8-7-9-14(10-13)19-16(21)22-17(4,5)6/h7-12H,1-6H3,(H,18,20)(H,19,21). The Labute approximate surface area is 132 Å². The van der Waals surface area contributed by atoms with Crippen molar-refractivity contribution < 1.29 is 14.3 Å². The van der Waals surface area contributed by atoms with Crippen LogP contribution in [0.3, 0.4) is 0 Å². The van der Waals surface area contributed by atoms with E-state index < -0.39 is 11.7 Å². The summed E-state index contributed by atoms with van der Waals surface area (Å²) in [6.07, 6.45) is -0.541. The highest BCUT2D eigenvalue weighted by molar-refractivity contribution is 5.96. The van der Waals surface area contributed by atoms with Gasteiger partial charge in [0.1, 0.15) is 5.60 Å². The average molecular weight is 306 g/mol. The molecule has 0 radical (unpaired) electrons. The molecule has 1 rings (SSSR count). The molecule has 2 amide bonds. The fraction of sp³-hybridized carbons (Fsp3) is 0.529. The lowest BCUT2D eigenvalue weighted by atomic mass is 10.1. The molecule has 5 nitrogen and oxygen atoms in total. The van der Waals surface area contributed by atoms with Crippen LogP contribution in [-0.2, 0) is 4.74 Å². The monoisotopic (exact) mass is 306 g/mol. The Hall–Kier alpha value is -2.04. The number of anilines is 1. The zero-order valence-corrected chi connectivity index (χ0v) is 14.2. The fourth-order valence-electron chi connectivity index (χ4n) is 1.62. The predicted molar refractivity (Wildman–Crippen MR) is 88.1 cm³/mol. The van der Waals surface area contributed by atoms with Crippen molar-refractivity contribution in [2.45, 2.75) is 53.2 Å². The Bertz CT molecular complexity index is 533. The number of ether oxygens (including phenoxy) is 1. The van der Waals surface area contributed by atoms with Crippen LogP contribution < -0.4 is 10.6 Å². The van der Waals surface area contributed by atoms with Crippen LogP contribution in [0.4, 0.5) is 10.5 Å². The summed E-state index contributed by atoms with van der Waals surface area (Å²) in [5.41, 5.74) is 0.464. The molecule has 0 saturated heterocycles. The molecule has 0 heterocycles. The van der Waals surface area contributed by atoms with E-state index in [-0.39, 0.29) is 11.9 Å². The number of nitrogens with one attached hydrogen (secondary N) is 2. The van der Waals surface area contributed by atoms with Crippen LogP contribution in [0.25, 0.3) is 0 Å². The lowest BCUT2D eigenvalue weighted by Crippen LogP contribution is -2.36. The van der Waals surface area contributed by atoms with Crippen LogP contribution >= 0.6 is 0 Å². The lowest BCUT2D eigenvalue weighted by Gasteiger charge is -2.20. The van der Waals surface area contributed by atoms with Crippen LogP contribution in [0.15, 0.2) is 24.3 Å². The van der Waals surface area contributed by atoms with Crippen molar-refractivity contribution in [1.29, 1.82) is 0 Å². The topological polar surface area (TPSA) is 67.4 Å². The van der Waals surface area contributed by atoms with Crippen molar-refractivity contribution in [1.82, 2.24) is 5.32 Å². The van der Waals surface area contributed by atoms with Gasteiger partial charge in [0.2, 0.25) is 0 Å². The van der Waals surface area contributed by atoms with Gasteiger partial charge in [0, 0.05) is 17.3 Å². The second kappa shape index (κ2) is 7.29. The van der Waals surface area contributed by atoms with Gasteiger partial charge in [0.15, 0.2) is 0 Å². The third kappa shape index (κ3) is 6.16. The largest absolute Gasteiger partial charge is 0.444 e. The van der Waals surface area contributed by atoms with Gasteiger partial charge < -0.3 is 10.1 Å². The number of hydrogen-bond acceptors (Lipinski definition) is 3. The maximum Gasteiger partial charge on any atom is 0.412 e. The van der Waals surface area contributed by atoms with Gasteiger partial charge in [0.25, 0.3) is 5.91 Å². The van der Waals surface area contributed by atoms with E-state index in [2.05, 4.69) is 10.6 Å². The van der Waals surface area contributed by atoms with Gasteiger partial charge in [-0.15, -0.1) is 0 Å². The van der Waals surface area contributed by atoms with Crippen molar-refractivity contribution >= 4 is 17.7 Å². The minimum atomic E-state index is -0.564. The molecule has 22 heavy (non-hydrogen) atoms. The van der Waals surface area contributed by atoms with Crippen LogP contribution in [-0.4, -0.2) is 23.6 Å². The van der Waals surface area contributed by atoms with Crippen molar-refractivity contribution in [3.05, 3.63) is 29.8 Å². The molecule has 1 aromatic rings. The quantitative estimate of drug-likeness (QED) is 0.889.